The van der Waals surface area contributed by atoms with E-state index in [0.717, 1.165) is 49.0 Å². The molecular weight excluding hydrogens is 306 g/mol. The van der Waals surface area contributed by atoms with Crippen molar-refractivity contribution in [1.29, 1.82) is 0 Å². The first kappa shape index (κ1) is 18.3. The van der Waals surface area contributed by atoms with Crippen LogP contribution in [0.15, 0.2) is 18.2 Å². The summed E-state index contributed by atoms with van der Waals surface area (Å²) < 4.78 is 5.17. The number of carboxylic acids is 1. The molecule has 0 heterocycles. The molecule has 2 rings (SSSR count). The van der Waals surface area contributed by atoms with Crippen molar-refractivity contribution in [2.24, 2.45) is 0 Å². The van der Waals surface area contributed by atoms with Crippen LogP contribution in [-0.2, 0) is 16.0 Å². The van der Waals surface area contributed by atoms with Crippen molar-refractivity contribution >= 4 is 11.9 Å². The van der Waals surface area contributed by atoms with Crippen LogP contribution in [-0.4, -0.2) is 29.6 Å². The predicted molar refractivity (Wildman–Crippen MR) is 92.3 cm³/mol. The number of rotatable bonds is 5. The Morgan fingerprint density at radius 2 is 1.79 bits per heavy atom. The van der Waals surface area contributed by atoms with Gasteiger partial charge in [-0.3, -0.25) is 4.79 Å². The lowest BCUT2D eigenvalue weighted by Crippen LogP contribution is -2.55. The predicted octanol–water partition coefficient (Wildman–Crippen LogP) is 3.23. The molecule has 0 aromatic heterocycles. The van der Waals surface area contributed by atoms with Crippen LogP contribution in [0, 0.1) is 6.92 Å². The number of carbonyl (C=O) groups is 2. The van der Waals surface area contributed by atoms with Crippen LogP contribution in [0.5, 0.6) is 5.75 Å². The molecule has 5 heteroatoms. The van der Waals surface area contributed by atoms with Crippen molar-refractivity contribution < 1.29 is 19.4 Å². The zero-order chi connectivity index (χ0) is 17.6. The summed E-state index contributed by atoms with van der Waals surface area (Å²) in [6.45, 7) is 1.92. The number of hydrogen-bond donors (Lipinski definition) is 2. The van der Waals surface area contributed by atoms with Gasteiger partial charge in [0.25, 0.3) is 0 Å². The van der Waals surface area contributed by atoms with E-state index < -0.39 is 11.5 Å². The van der Waals surface area contributed by atoms with Gasteiger partial charge in [0.2, 0.25) is 5.91 Å². The summed E-state index contributed by atoms with van der Waals surface area (Å²) >= 11 is 0. The minimum atomic E-state index is -1.11. The number of hydrogen-bond acceptors (Lipinski definition) is 3. The Morgan fingerprint density at radius 1 is 1.17 bits per heavy atom. The zero-order valence-corrected chi connectivity index (χ0v) is 14.6. The molecule has 0 spiro atoms. The molecule has 1 amide bonds. The molecule has 1 aliphatic rings. The Labute approximate surface area is 143 Å². The van der Waals surface area contributed by atoms with Gasteiger partial charge in [-0.1, -0.05) is 38.2 Å². The monoisotopic (exact) mass is 333 g/mol. The highest BCUT2D eigenvalue weighted by Gasteiger charge is 2.39. The van der Waals surface area contributed by atoms with Gasteiger partial charge in [-0.2, -0.15) is 0 Å². The number of nitrogens with one attached hydrogen (secondary N) is 1. The van der Waals surface area contributed by atoms with E-state index in [2.05, 4.69) is 5.32 Å². The van der Waals surface area contributed by atoms with Gasteiger partial charge in [0.05, 0.1) is 13.5 Å². The first-order valence-electron chi connectivity index (χ1n) is 8.65. The number of aryl methyl sites for hydroxylation is 1. The molecular formula is C19H27NO4. The molecule has 1 saturated carbocycles. The average Bonchev–Trinajstić information content (AvgIpc) is 2.51. The highest BCUT2D eigenvalue weighted by atomic mass is 16.5. The second-order valence-electron chi connectivity index (χ2n) is 6.67. The van der Waals surface area contributed by atoms with E-state index in [9.17, 15) is 14.7 Å². The van der Waals surface area contributed by atoms with Crippen LogP contribution < -0.4 is 10.1 Å². The molecule has 132 valence electrons. The maximum atomic E-state index is 12.5. The van der Waals surface area contributed by atoms with Crippen LogP contribution in [0.1, 0.15) is 56.1 Å². The summed E-state index contributed by atoms with van der Waals surface area (Å²) in [4.78, 5) is 24.3. The van der Waals surface area contributed by atoms with Gasteiger partial charge in [0.1, 0.15) is 11.3 Å². The van der Waals surface area contributed by atoms with E-state index in [-0.39, 0.29) is 12.3 Å². The number of carbonyl (C=O) groups excluding carboxylic acids is 1. The smallest absolute Gasteiger partial charge is 0.329 e. The molecule has 0 saturated heterocycles. The van der Waals surface area contributed by atoms with Gasteiger partial charge >= 0.3 is 5.97 Å². The third-order valence-electron chi connectivity index (χ3n) is 4.90. The van der Waals surface area contributed by atoms with E-state index >= 15 is 0 Å². The van der Waals surface area contributed by atoms with Crippen LogP contribution in [0.25, 0.3) is 0 Å². The summed E-state index contributed by atoms with van der Waals surface area (Å²) in [7, 11) is 1.60. The lowest BCUT2D eigenvalue weighted by atomic mass is 9.83. The molecule has 2 N–H and O–H groups in total. The second kappa shape index (κ2) is 8.18. The number of ether oxygens (including phenoxy) is 1. The molecule has 0 atom stereocenters. The average molecular weight is 333 g/mol. The van der Waals surface area contributed by atoms with Gasteiger partial charge in [0, 0.05) is 0 Å². The topological polar surface area (TPSA) is 75.6 Å². The van der Waals surface area contributed by atoms with Gasteiger partial charge in [0.15, 0.2) is 0 Å². The molecule has 1 fully saturated rings. The van der Waals surface area contributed by atoms with E-state index in [1.54, 1.807) is 7.11 Å². The van der Waals surface area contributed by atoms with Gasteiger partial charge in [-0.25, -0.2) is 4.79 Å². The number of benzene rings is 1. The standard InChI is InChI=1S/C19H27NO4/c1-14-12-16(24-2)9-8-15(14)13-17(21)20-19(18(22)23)10-6-4-3-5-7-11-19/h8-9,12H,3-7,10-11,13H2,1-2H3,(H,20,21)(H,22,23). The number of carboxylic acid groups (broad SMARTS) is 1. The fourth-order valence-corrected chi connectivity index (χ4v) is 3.38. The lowest BCUT2D eigenvalue weighted by Gasteiger charge is -2.32. The van der Waals surface area contributed by atoms with Crippen LogP contribution >= 0.6 is 0 Å². The minimum Gasteiger partial charge on any atom is -0.497 e. The molecule has 1 aromatic carbocycles. The van der Waals surface area contributed by atoms with Crippen LogP contribution in [0.3, 0.4) is 0 Å². The largest absolute Gasteiger partial charge is 0.497 e. The molecule has 0 bridgehead atoms. The molecule has 0 aliphatic heterocycles. The van der Waals surface area contributed by atoms with Crippen molar-refractivity contribution in [3.8, 4) is 5.75 Å². The van der Waals surface area contributed by atoms with E-state index in [1.807, 2.05) is 25.1 Å². The second-order valence-corrected chi connectivity index (χ2v) is 6.67. The van der Waals surface area contributed by atoms with Crippen LogP contribution in [0.2, 0.25) is 0 Å². The van der Waals surface area contributed by atoms with Crippen molar-refractivity contribution in [2.75, 3.05) is 7.11 Å². The number of methoxy groups -OCH3 is 1. The molecule has 0 radical (unpaired) electrons. The Balaban J connectivity index is 2.09. The van der Waals surface area contributed by atoms with Gasteiger partial charge in [-0.15, -0.1) is 0 Å². The molecule has 5 nitrogen and oxygen atoms in total. The third kappa shape index (κ3) is 4.49. The Morgan fingerprint density at radius 3 is 2.33 bits per heavy atom. The number of amides is 1. The van der Waals surface area contributed by atoms with Gasteiger partial charge < -0.3 is 15.2 Å². The first-order chi connectivity index (χ1) is 11.5. The third-order valence-corrected chi connectivity index (χ3v) is 4.90. The molecule has 1 aliphatic carbocycles. The lowest BCUT2D eigenvalue weighted by molar-refractivity contribution is -0.148. The first-order valence-corrected chi connectivity index (χ1v) is 8.65. The minimum absolute atomic E-state index is 0.185. The number of aliphatic carboxylic acids is 1. The fraction of sp³-hybridized carbons (Fsp3) is 0.579. The van der Waals surface area contributed by atoms with E-state index in [1.165, 1.54) is 0 Å². The van der Waals surface area contributed by atoms with Crippen molar-refractivity contribution in [3.05, 3.63) is 29.3 Å². The summed E-state index contributed by atoms with van der Waals surface area (Å²) in [5.41, 5.74) is 0.740. The van der Waals surface area contributed by atoms with Gasteiger partial charge in [-0.05, 0) is 43.0 Å². The summed E-state index contributed by atoms with van der Waals surface area (Å²) in [6.07, 6.45) is 6.10. The molecule has 1 aromatic rings. The van der Waals surface area contributed by atoms with E-state index in [0.29, 0.717) is 12.8 Å². The van der Waals surface area contributed by atoms with Crippen molar-refractivity contribution in [3.63, 3.8) is 0 Å². The van der Waals surface area contributed by atoms with Crippen LogP contribution in [0.4, 0.5) is 0 Å². The Bertz CT molecular complexity index is 589. The normalized spacial score (nSPS) is 17.4. The van der Waals surface area contributed by atoms with Crippen molar-refractivity contribution in [2.45, 2.75) is 63.8 Å². The highest BCUT2D eigenvalue weighted by Crippen LogP contribution is 2.27. The summed E-state index contributed by atoms with van der Waals surface area (Å²) in [5, 5.41) is 12.5. The fourth-order valence-electron chi connectivity index (χ4n) is 3.38. The van der Waals surface area contributed by atoms with Crippen molar-refractivity contribution in [1.82, 2.24) is 5.32 Å². The molecule has 24 heavy (non-hydrogen) atoms. The maximum absolute atomic E-state index is 12.5. The zero-order valence-electron chi connectivity index (χ0n) is 14.6. The SMILES string of the molecule is COc1ccc(CC(=O)NC2(C(=O)O)CCCCCCC2)c(C)c1. The Hall–Kier alpha value is -2.04. The maximum Gasteiger partial charge on any atom is 0.329 e. The molecule has 0 unspecified atom stereocenters. The van der Waals surface area contributed by atoms with E-state index in [4.69, 9.17) is 4.74 Å². The highest BCUT2D eigenvalue weighted by molar-refractivity contribution is 5.88. The summed E-state index contributed by atoms with van der Waals surface area (Å²) in [6, 6.07) is 5.56. The Kier molecular flexibility index (Phi) is 6.23. The summed E-state index contributed by atoms with van der Waals surface area (Å²) in [5.74, 6) is -0.394. The quantitative estimate of drug-likeness (QED) is 0.867.